The van der Waals surface area contributed by atoms with E-state index in [2.05, 4.69) is 17.2 Å². The molecule has 0 aliphatic rings. The van der Waals surface area contributed by atoms with E-state index >= 15 is 0 Å². The summed E-state index contributed by atoms with van der Waals surface area (Å²) in [5, 5.41) is 4.75. The fourth-order valence-corrected chi connectivity index (χ4v) is 3.43. The van der Waals surface area contributed by atoms with Crippen LogP contribution in [0.2, 0.25) is 10.0 Å². The van der Waals surface area contributed by atoms with Gasteiger partial charge in [0.25, 0.3) is 0 Å². The van der Waals surface area contributed by atoms with Crippen molar-refractivity contribution in [1.29, 1.82) is 0 Å². The minimum atomic E-state index is -0.477. The van der Waals surface area contributed by atoms with Crippen LogP contribution in [0.4, 0.5) is 11.4 Å². The van der Waals surface area contributed by atoms with Gasteiger partial charge in [0.05, 0.1) is 29.4 Å². The predicted molar refractivity (Wildman–Crippen MR) is 118 cm³/mol. The number of pyridine rings is 1. The number of fused-ring (bicyclic) bond motifs is 1. The fourth-order valence-electron chi connectivity index (χ4n) is 2.85. The Morgan fingerprint density at radius 1 is 1.14 bits per heavy atom. The van der Waals surface area contributed by atoms with Gasteiger partial charge in [0.2, 0.25) is 0 Å². The summed E-state index contributed by atoms with van der Waals surface area (Å²) < 4.78 is 10.9. The number of ether oxygens (including phenoxy) is 2. The Labute approximate surface area is 179 Å². The van der Waals surface area contributed by atoms with Crippen molar-refractivity contribution in [2.75, 3.05) is 18.5 Å². The maximum Gasteiger partial charge on any atom is 0.341 e. The standard InChI is InChI=1S/C22H22Cl2N2O3/c1-3-5-10-29-16-8-6-15(7-9-16)26-21-17(22(27)28-4-2)13-25-19-12-14(23)11-18(24)20(19)21/h6-9,11-13H,3-5,10H2,1-2H3,(H,25,26). The quantitative estimate of drug-likeness (QED) is 0.319. The Hall–Kier alpha value is -2.50. The molecule has 2 aromatic carbocycles. The van der Waals surface area contributed by atoms with Gasteiger partial charge in [0.15, 0.2) is 0 Å². The highest BCUT2D eigenvalue weighted by Gasteiger charge is 2.19. The molecule has 1 heterocycles. The van der Waals surface area contributed by atoms with Crippen LogP contribution < -0.4 is 10.1 Å². The zero-order chi connectivity index (χ0) is 20.8. The molecule has 0 aliphatic carbocycles. The second-order valence-corrected chi connectivity index (χ2v) is 7.24. The van der Waals surface area contributed by atoms with E-state index in [-0.39, 0.29) is 6.61 Å². The number of aromatic nitrogens is 1. The van der Waals surface area contributed by atoms with E-state index in [4.69, 9.17) is 32.7 Å². The molecule has 0 radical (unpaired) electrons. The second-order valence-electron chi connectivity index (χ2n) is 6.40. The number of unbranched alkanes of at least 4 members (excludes halogenated alkanes) is 1. The third-order valence-corrected chi connectivity index (χ3v) is 4.79. The number of benzene rings is 2. The van der Waals surface area contributed by atoms with Crippen molar-refractivity contribution >= 4 is 51.4 Å². The molecule has 0 spiro atoms. The van der Waals surface area contributed by atoms with Crippen LogP contribution in [0, 0.1) is 0 Å². The first-order chi connectivity index (χ1) is 14.0. The van der Waals surface area contributed by atoms with Crippen molar-refractivity contribution in [3.05, 3.63) is 58.2 Å². The van der Waals surface area contributed by atoms with Gasteiger partial charge in [-0.25, -0.2) is 4.79 Å². The summed E-state index contributed by atoms with van der Waals surface area (Å²) >= 11 is 12.6. The minimum absolute atomic E-state index is 0.258. The summed E-state index contributed by atoms with van der Waals surface area (Å²) in [6, 6.07) is 10.8. The number of halogens is 2. The van der Waals surface area contributed by atoms with E-state index in [1.807, 2.05) is 24.3 Å². The molecule has 0 amide bonds. The lowest BCUT2D eigenvalue weighted by molar-refractivity contribution is 0.0527. The van der Waals surface area contributed by atoms with Crippen molar-refractivity contribution in [3.8, 4) is 5.75 Å². The van der Waals surface area contributed by atoms with E-state index in [0.717, 1.165) is 24.3 Å². The molecule has 0 saturated carbocycles. The van der Waals surface area contributed by atoms with Crippen molar-refractivity contribution in [2.24, 2.45) is 0 Å². The molecule has 0 bridgehead atoms. The van der Waals surface area contributed by atoms with Crippen LogP contribution in [0.1, 0.15) is 37.0 Å². The molecule has 0 saturated heterocycles. The van der Waals surface area contributed by atoms with Crippen molar-refractivity contribution < 1.29 is 14.3 Å². The van der Waals surface area contributed by atoms with Crippen LogP contribution in [-0.4, -0.2) is 24.2 Å². The number of esters is 1. The Morgan fingerprint density at radius 3 is 2.59 bits per heavy atom. The molecule has 5 nitrogen and oxygen atoms in total. The van der Waals surface area contributed by atoms with Crippen molar-refractivity contribution in [3.63, 3.8) is 0 Å². The maximum absolute atomic E-state index is 12.5. The number of anilines is 2. The van der Waals surface area contributed by atoms with Crippen LogP contribution >= 0.6 is 23.2 Å². The van der Waals surface area contributed by atoms with Crippen LogP contribution in [0.25, 0.3) is 10.9 Å². The summed E-state index contributed by atoms with van der Waals surface area (Å²) in [5.41, 5.74) is 2.18. The van der Waals surface area contributed by atoms with Gasteiger partial charge in [0.1, 0.15) is 11.3 Å². The molecule has 0 atom stereocenters. The van der Waals surface area contributed by atoms with E-state index in [9.17, 15) is 4.79 Å². The highest BCUT2D eigenvalue weighted by molar-refractivity contribution is 6.39. The molecule has 0 fully saturated rings. The maximum atomic E-state index is 12.5. The van der Waals surface area contributed by atoms with E-state index in [0.29, 0.717) is 38.8 Å². The van der Waals surface area contributed by atoms with Gasteiger partial charge >= 0.3 is 5.97 Å². The molecule has 1 aromatic heterocycles. The highest BCUT2D eigenvalue weighted by atomic mass is 35.5. The molecular weight excluding hydrogens is 411 g/mol. The first kappa shape index (κ1) is 21.2. The van der Waals surface area contributed by atoms with Crippen molar-refractivity contribution in [1.82, 2.24) is 4.98 Å². The number of nitrogens with zero attached hydrogens (tertiary/aromatic N) is 1. The molecule has 7 heteroatoms. The van der Waals surface area contributed by atoms with Crippen LogP contribution in [0.15, 0.2) is 42.6 Å². The minimum Gasteiger partial charge on any atom is -0.494 e. The van der Waals surface area contributed by atoms with Crippen LogP contribution in [0.3, 0.4) is 0 Å². The Kier molecular flexibility index (Phi) is 7.18. The zero-order valence-electron chi connectivity index (χ0n) is 16.3. The van der Waals surface area contributed by atoms with Gasteiger partial charge in [-0.05, 0) is 49.7 Å². The summed E-state index contributed by atoms with van der Waals surface area (Å²) in [6.07, 6.45) is 3.56. The lowest BCUT2D eigenvalue weighted by atomic mass is 10.1. The highest BCUT2D eigenvalue weighted by Crippen LogP contribution is 2.36. The lowest BCUT2D eigenvalue weighted by Gasteiger charge is -2.15. The lowest BCUT2D eigenvalue weighted by Crippen LogP contribution is -2.09. The number of carbonyl (C=O) groups is 1. The molecule has 0 unspecified atom stereocenters. The topological polar surface area (TPSA) is 60.5 Å². The van der Waals surface area contributed by atoms with Gasteiger partial charge in [-0.2, -0.15) is 0 Å². The summed E-state index contributed by atoms with van der Waals surface area (Å²) in [4.78, 5) is 16.8. The van der Waals surface area contributed by atoms with Crippen LogP contribution in [0.5, 0.6) is 5.75 Å². The third-order valence-electron chi connectivity index (χ3n) is 4.27. The average Bonchev–Trinajstić information content (AvgIpc) is 2.69. The molecule has 3 aromatic rings. The Balaban J connectivity index is 1.99. The molecule has 1 N–H and O–H groups in total. The van der Waals surface area contributed by atoms with Gasteiger partial charge < -0.3 is 14.8 Å². The number of carbonyl (C=O) groups excluding carboxylic acids is 1. The molecule has 29 heavy (non-hydrogen) atoms. The second kappa shape index (κ2) is 9.81. The predicted octanol–water partition coefficient (Wildman–Crippen LogP) is 6.64. The smallest absolute Gasteiger partial charge is 0.341 e. The number of hydrogen-bond acceptors (Lipinski definition) is 5. The first-order valence-corrected chi connectivity index (χ1v) is 10.2. The summed E-state index contributed by atoms with van der Waals surface area (Å²) in [7, 11) is 0. The van der Waals surface area contributed by atoms with Gasteiger partial charge in [-0.3, -0.25) is 4.98 Å². The van der Waals surface area contributed by atoms with Gasteiger partial charge in [-0.1, -0.05) is 36.5 Å². The largest absolute Gasteiger partial charge is 0.494 e. The monoisotopic (exact) mass is 432 g/mol. The van der Waals surface area contributed by atoms with Gasteiger partial charge in [-0.15, -0.1) is 0 Å². The van der Waals surface area contributed by atoms with Gasteiger partial charge in [0, 0.05) is 22.3 Å². The molecular formula is C22H22Cl2N2O3. The average molecular weight is 433 g/mol. The third kappa shape index (κ3) is 5.11. The normalized spacial score (nSPS) is 10.8. The number of hydrogen-bond donors (Lipinski definition) is 1. The number of rotatable bonds is 8. The fraction of sp³-hybridized carbons (Fsp3) is 0.273. The van der Waals surface area contributed by atoms with E-state index in [1.165, 1.54) is 6.20 Å². The Morgan fingerprint density at radius 2 is 1.90 bits per heavy atom. The number of nitrogens with one attached hydrogen (secondary N) is 1. The summed E-state index contributed by atoms with van der Waals surface area (Å²) in [6.45, 7) is 4.81. The first-order valence-electron chi connectivity index (χ1n) is 9.48. The zero-order valence-corrected chi connectivity index (χ0v) is 17.8. The SMILES string of the molecule is CCCCOc1ccc(Nc2c(C(=O)OCC)cnc3cc(Cl)cc(Cl)c23)cc1. The van der Waals surface area contributed by atoms with E-state index in [1.54, 1.807) is 19.1 Å². The summed E-state index contributed by atoms with van der Waals surface area (Å²) in [5.74, 6) is 0.314. The molecule has 152 valence electrons. The van der Waals surface area contributed by atoms with E-state index < -0.39 is 5.97 Å². The Bertz CT molecular complexity index is 1010. The molecule has 0 aliphatic heterocycles. The molecule has 3 rings (SSSR count). The van der Waals surface area contributed by atoms with Crippen LogP contribution in [-0.2, 0) is 4.74 Å². The van der Waals surface area contributed by atoms with Crippen molar-refractivity contribution in [2.45, 2.75) is 26.7 Å².